The van der Waals surface area contributed by atoms with E-state index in [1.165, 1.54) is 21.5 Å². The molecule has 0 saturated carbocycles. The Labute approximate surface area is 254 Å². The molecule has 0 bridgehead atoms. The lowest BCUT2D eigenvalue weighted by Gasteiger charge is -2.26. The second-order valence-corrected chi connectivity index (χ2v) is 11.3. The Kier molecular flexibility index (Phi) is 5.50. The van der Waals surface area contributed by atoms with Gasteiger partial charge in [-0.2, -0.15) is 0 Å². The van der Waals surface area contributed by atoms with Crippen LogP contribution in [0.2, 0.25) is 0 Å². The van der Waals surface area contributed by atoms with E-state index < -0.39 is 0 Å². The van der Waals surface area contributed by atoms with Crippen molar-refractivity contribution in [3.63, 3.8) is 0 Å². The zero-order chi connectivity index (χ0) is 29.0. The number of nitrogens with zero attached hydrogens (tertiary/aromatic N) is 2. The summed E-state index contributed by atoms with van der Waals surface area (Å²) in [6.45, 7) is 0. The van der Waals surface area contributed by atoms with Crippen LogP contribution in [0.4, 0.5) is 17.1 Å². The average molecular weight is 563 g/mol. The summed E-state index contributed by atoms with van der Waals surface area (Å²) in [6, 6.07) is 53.6. The van der Waals surface area contributed by atoms with Crippen LogP contribution in [0.15, 0.2) is 162 Å². The molecule has 0 saturated heterocycles. The summed E-state index contributed by atoms with van der Waals surface area (Å²) >= 11 is 0. The number of hydrogen-bond acceptors (Lipinski definition) is 3. The number of para-hydroxylation sites is 2. The molecule has 0 aliphatic heterocycles. The first-order valence-electron chi connectivity index (χ1n) is 14.9. The highest BCUT2D eigenvalue weighted by molar-refractivity contribution is 6.19. The first-order chi connectivity index (χ1) is 21.8. The summed E-state index contributed by atoms with van der Waals surface area (Å²) in [5.74, 6) is 0. The Morgan fingerprint density at radius 1 is 0.432 bits per heavy atom. The molecule has 0 aliphatic carbocycles. The molecule has 7 aromatic carbocycles. The number of benzene rings is 7. The molecule has 0 aliphatic rings. The third-order valence-corrected chi connectivity index (χ3v) is 8.62. The van der Waals surface area contributed by atoms with E-state index in [4.69, 9.17) is 9.40 Å². The van der Waals surface area contributed by atoms with Gasteiger partial charge in [-0.05, 0) is 93.8 Å². The lowest BCUT2D eigenvalue weighted by Crippen LogP contribution is -2.09. The number of anilines is 3. The van der Waals surface area contributed by atoms with E-state index in [1.54, 1.807) is 0 Å². The minimum absolute atomic E-state index is 0.903. The van der Waals surface area contributed by atoms with Gasteiger partial charge in [0.25, 0.3) is 0 Å². The first-order valence-corrected chi connectivity index (χ1v) is 14.9. The topological polar surface area (TPSA) is 29.3 Å². The van der Waals surface area contributed by atoms with Crippen LogP contribution in [0.5, 0.6) is 0 Å². The first kappa shape index (κ1) is 24.6. The van der Waals surface area contributed by atoms with E-state index >= 15 is 0 Å². The second kappa shape index (κ2) is 9.82. The van der Waals surface area contributed by atoms with E-state index in [-0.39, 0.29) is 0 Å². The number of rotatable bonds is 4. The van der Waals surface area contributed by atoms with Gasteiger partial charge in [-0.1, -0.05) is 84.9 Å². The standard InChI is InChI=1S/C41H26N2O/c1-2-10-33(11-3-1)43(35-18-16-28-17-21-40-41(37(28)25-35)36-12-6-7-13-39(36)44-40)34-19-20-38-31(24-34)23-32(26-42-38)30-15-14-27-8-4-5-9-29(27)22-30/h1-26H. The molecular weight excluding hydrogens is 536 g/mol. The smallest absolute Gasteiger partial charge is 0.136 e. The fraction of sp³-hybridized carbons (Fsp3) is 0. The highest BCUT2D eigenvalue weighted by atomic mass is 16.3. The minimum atomic E-state index is 0.903. The van der Waals surface area contributed by atoms with Crippen molar-refractivity contribution in [2.75, 3.05) is 4.90 Å². The molecule has 0 radical (unpaired) electrons. The highest BCUT2D eigenvalue weighted by Crippen LogP contribution is 2.41. The fourth-order valence-electron chi connectivity index (χ4n) is 6.48. The SMILES string of the molecule is c1ccc(N(c2ccc3ncc(-c4ccc5ccccc5c4)cc3c2)c2ccc3ccc4oc5ccccc5c4c3c2)cc1. The normalized spacial score (nSPS) is 11.6. The van der Waals surface area contributed by atoms with Gasteiger partial charge < -0.3 is 9.32 Å². The molecule has 2 aromatic heterocycles. The fourth-order valence-corrected chi connectivity index (χ4v) is 6.48. The van der Waals surface area contributed by atoms with Gasteiger partial charge in [0.15, 0.2) is 0 Å². The lowest BCUT2D eigenvalue weighted by atomic mass is 10.0. The largest absolute Gasteiger partial charge is 0.456 e. The highest BCUT2D eigenvalue weighted by Gasteiger charge is 2.16. The predicted molar refractivity (Wildman–Crippen MR) is 184 cm³/mol. The van der Waals surface area contributed by atoms with E-state index in [0.29, 0.717) is 0 Å². The molecule has 0 spiro atoms. The van der Waals surface area contributed by atoms with Crippen molar-refractivity contribution in [1.29, 1.82) is 0 Å². The summed E-state index contributed by atoms with van der Waals surface area (Å²) in [4.78, 5) is 7.17. The molecule has 0 unspecified atom stereocenters. The number of fused-ring (bicyclic) bond motifs is 7. The van der Waals surface area contributed by atoms with Crippen molar-refractivity contribution in [3.05, 3.63) is 158 Å². The van der Waals surface area contributed by atoms with Crippen LogP contribution < -0.4 is 4.90 Å². The molecule has 44 heavy (non-hydrogen) atoms. The average Bonchev–Trinajstić information content (AvgIpc) is 3.48. The van der Waals surface area contributed by atoms with Crippen LogP contribution in [-0.2, 0) is 0 Å². The number of pyridine rings is 1. The van der Waals surface area contributed by atoms with E-state index in [9.17, 15) is 0 Å². The van der Waals surface area contributed by atoms with Crippen molar-refractivity contribution >= 4 is 71.4 Å². The minimum Gasteiger partial charge on any atom is -0.456 e. The summed E-state index contributed by atoms with van der Waals surface area (Å²) < 4.78 is 6.23. The van der Waals surface area contributed by atoms with E-state index in [2.05, 4.69) is 144 Å². The second-order valence-electron chi connectivity index (χ2n) is 11.3. The third kappa shape index (κ3) is 4.02. The monoisotopic (exact) mass is 562 g/mol. The van der Waals surface area contributed by atoms with Crippen LogP contribution in [0.3, 0.4) is 0 Å². The zero-order valence-corrected chi connectivity index (χ0v) is 23.8. The predicted octanol–water partition coefficient (Wildman–Crippen LogP) is 11.6. The third-order valence-electron chi connectivity index (χ3n) is 8.62. The van der Waals surface area contributed by atoms with Crippen molar-refractivity contribution in [2.45, 2.75) is 0 Å². The molecule has 3 nitrogen and oxygen atoms in total. The van der Waals surface area contributed by atoms with Gasteiger partial charge in [0.05, 0.1) is 5.52 Å². The molecule has 3 heteroatoms. The summed E-state index contributed by atoms with van der Waals surface area (Å²) in [5, 5.41) is 8.20. The van der Waals surface area contributed by atoms with Crippen LogP contribution in [-0.4, -0.2) is 4.98 Å². The van der Waals surface area contributed by atoms with Gasteiger partial charge in [0, 0.05) is 45.0 Å². The summed E-state index contributed by atoms with van der Waals surface area (Å²) in [5.41, 5.74) is 8.29. The molecule has 0 N–H and O–H groups in total. The maximum atomic E-state index is 6.23. The van der Waals surface area contributed by atoms with Crippen LogP contribution >= 0.6 is 0 Å². The Balaban J connectivity index is 1.22. The maximum absolute atomic E-state index is 6.23. The lowest BCUT2D eigenvalue weighted by molar-refractivity contribution is 0.669. The maximum Gasteiger partial charge on any atom is 0.136 e. The summed E-state index contributed by atoms with van der Waals surface area (Å²) in [7, 11) is 0. The van der Waals surface area contributed by atoms with Crippen LogP contribution in [0, 0.1) is 0 Å². The van der Waals surface area contributed by atoms with Gasteiger partial charge in [0.2, 0.25) is 0 Å². The van der Waals surface area contributed by atoms with Gasteiger partial charge in [-0.3, -0.25) is 4.98 Å². The van der Waals surface area contributed by atoms with Gasteiger partial charge >= 0.3 is 0 Å². The van der Waals surface area contributed by atoms with E-state index in [0.717, 1.165) is 61.0 Å². The molecule has 0 atom stereocenters. The van der Waals surface area contributed by atoms with Crippen molar-refractivity contribution in [2.24, 2.45) is 0 Å². The molecule has 0 fully saturated rings. The molecule has 206 valence electrons. The van der Waals surface area contributed by atoms with Crippen molar-refractivity contribution < 1.29 is 4.42 Å². The van der Waals surface area contributed by atoms with E-state index in [1.807, 2.05) is 18.3 Å². The molecular formula is C41H26N2O. The van der Waals surface area contributed by atoms with Crippen LogP contribution in [0.25, 0.3) is 65.5 Å². The van der Waals surface area contributed by atoms with Crippen molar-refractivity contribution in [1.82, 2.24) is 4.98 Å². The Bertz CT molecular complexity index is 2510. The molecule has 9 rings (SSSR count). The van der Waals surface area contributed by atoms with Crippen molar-refractivity contribution in [3.8, 4) is 11.1 Å². The zero-order valence-electron chi connectivity index (χ0n) is 23.8. The quantitative estimate of drug-likeness (QED) is 0.214. The Hall–Kier alpha value is -5.93. The molecule has 9 aromatic rings. The van der Waals surface area contributed by atoms with Gasteiger partial charge in [0.1, 0.15) is 11.2 Å². The molecule has 2 heterocycles. The Morgan fingerprint density at radius 3 is 2.09 bits per heavy atom. The van der Waals surface area contributed by atoms with Crippen LogP contribution in [0.1, 0.15) is 0 Å². The Morgan fingerprint density at radius 2 is 1.16 bits per heavy atom. The summed E-state index contributed by atoms with van der Waals surface area (Å²) in [6.07, 6.45) is 1.98. The number of aromatic nitrogens is 1. The van der Waals surface area contributed by atoms with Gasteiger partial charge in [-0.15, -0.1) is 0 Å². The van der Waals surface area contributed by atoms with Gasteiger partial charge in [-0.25, -0.2) is 0 Å². The number of hydrogen-bond donors (Lipinski definition) is 0. The number of furan rings is 1. The molecule has 0 amide bonds.